The summed E-state index contributed by atoms with van der Waals surface area (Å²) in [5.74, 6) is 0. The number of nitrogens with one attached hydrogen (secondary N) is 1. The molecule has 0 fully saturated rings. The molecule has 1 aromatic heterocycles. The maximum Gasteiger partial charge on any atom is 0.0837 e. The van der Waals surface area contributed by atoms with E-state index in [4.69, 9.17) is 23.2 Å². The Morgan fingerprint density at radius 2 is 2.05 bits per heavy atom. The monoisotopic (exact) mass is 437 g/mol. The van der Waals surface area contributed by atoms with Gasteiger partial charge in [0.15, 0.2) is 0 Å². The average molecular weight is 438 g/mol. The van der Waals surface area contributed by atoms with Crippen LogP contribution >= 0.6 is 45.8 Å². The van der Waals surface area contributed by atoms with E-state index < -0.39 is 0 Å². The van der Waals surface area contributed by atoms with E-state index in [1.54, 1.807) is 6.20 Å². The zero-order valence-corrected chi connectivity index (χ0v) is 15.7. The van der Waals surface area contributed by atoms with Gasteiger partial charge in [-0.3, -0.25) is 4.68 Å². The van der Waals surface area contributed by atoms with Crippen LogP contribution in [0.25, 0.3) is 0 Å². The van der Waals surface area contributed by atoms with Crippen molar-refractivity contribution in [3.05, 3.63) is 49.3 Å². The Labute approximate surface area is 149 Å². The van der Waals surface area contributed by atoms with Crippen molar-refractivity contribution in [1.29, 1.82) is 0 Å². The Morgan fingerprint density at radius 3 is 2.67 bits per heavy atom. The van der Waals surface area contributed by atoms with Crippen LogP contribution in [0.3, 0.4) is 0 Å². The molecule has 0 radical (unpaired) electrons. The van der Waals surface area contributed by atoms with Gasteiger partial charge in [-0.05, 0) is 53.3 Å². The highest BCUT2D eigenvalue weighted by Gasteiger charge is 2.21. The molecule has 1 heterocycles. The number of hydrogen-bond acceptors (Lipinski definition) is 2. The third kappa shape index (κ3) is 3.92. The van der Waals surface area contributed by atoms with Crippen LogP contribution in [-0.4, -0.2) is 16.3 Å². The van der Waals surface area contributed by atoms with Crippen LogP contribution in [0.2, 0.25) is 10.0 Å². The second-order valence-corrected chi connectivity index (χ2v) is 6.74. The minimum atomic E-state index is -0.00829. The summed E-state index contributed by atoms with van der Waals surface area (Å²) in [4.78, 5) is 0. The lowest BCUT2D eigenvalue weighted by atomic mass is 10.0. The predicted octanol–water partition coefficient (Wildman–Crippen LogP) is 4.90. The fourth-order valence-corrected chi connectivity index (χ4v) is 3.09. The van der Waals surface area contributed by atoms with Gasteiger partial charge in [0, 0.05) is 10.1 Å². The first-order chi connectivity index (χ1) is 10.1. The Morgan fingerprint density at radius 1 is 1.29 bits per heavy atom. The van der Waals surface area contributed by atoms with Gasteiger partial charge in [0.1, 0.15) is 0 Å². The third-order valence-corrected chi connectivity index (χ3v) is 5.09. The molecule has 0 aliphatic heterocycles. The van der Waals surface area contributed by atoms with Gasteiger partial charge in [0.25, 0.3) is 0 Å². The SMILES string of the molecule is CCCn1ncc(Cl)c1C(NCC)c1ccc(I)c(Cl)c1. The normalized spacial score (nSPS) is 12.6. The van der Waals surface area contributed by atoms with E-state index in [-0.39, 0.29) is 6.04 Å². The molecule has 1 atom stereocenters. The lowest BCUT2D eigenvalue weighted by molar-refractivity contribution is 0.520. The molecule has 1 unspecified atom stereocenters. The summed E-state index contributed by atoms with van der Waals surface area (Å²) >= 11 is 14.9. The van der Waals surface area contributed by atoms with Crippen LogP contribution in [0.4, 0.5) is 0 Å². The molecule has 0 aliphatic rings. The highest BCUT2D eigenvalue weighted by atomic mass is 127. The van der Waals surface area contributed by atoms with E-state index in [2.05, 4.69) is 52.9 Å². The second kappa shape index (κ2) is 7.81. The second-order valence-electron chi connectivity index (χ2n) is 4.77. The summed E-state index contributed by atoms with van der Waals surface area (Å²) in [6, 6.07) is 6.10. The average Bonchev–Trinajstić information content (AvgIpc) is 2.81. The van der Waals surface area contributed by atoms with Gasteiger partial charge in [-0.25, -0.2) is 0 Å². The van der Waals surface area contributed by atoms with E-state index in [1.165, 1.54) is 0 Å². The molecular weight excluding hydrogens is 420 g/mol. The van der Waals surface area contributed by atoms with Gasteiger partial charge in [-0.1, -0.05) is 43.1 Å². The van der Waals surface area contributed by atoms with Crippen molar-refractivity contribution in [2.45, 2.75) is 32.9 Å². The first-order valence-corrected chi connectivity index (χ1v) is 8.81. The Hall–Kier alpha value is -0.300. The number of hydrogen-bond donors (Lipinski definition) is 1. The van der Waals surface area contributed by atoms with Crippen molar-refractivity contribution in [2.24, 2.45) is 0 Å². The first kappa shape index (κ1) is 17.1. The molecule has 114 valence electrons. The summed E-state index contributed by atoms with van der Waals surface area (Å²) in [6.45, 7) is 5.89. The van der Waals surface area contributed by atoms with Crippen LogP contribution in [0.1, 0.15) is 37.6 Å². The van der Waals surface area contributed by atoms with Crippen molar-refractivity contribution in [3.63, 3.8) is 0 Å². The van der Waals surface area contributed by atoms with Gasteiger partial charge >= 0.3 is 0 Å². The number of nitrogens with zero attached hydrogens (tertiary/aromatic N) is 2. The van der Waals surface area contributed by atoms with E-state index in [9.17, 15) is 0 Å². The fourth-order valence-electron chi connectivity index (χ4n) is 2.32. The lowest BCUT2D eigenvalue weighted by Crippen LogP contribution is -2.25. The standard InChI is InChI=1S/C15H18Cl2IN3/c1-3-7-21-15(12(17)9-20-21)14(19-4-2)10-5-6-13(18)11(16)8-10/h5-6,8-9,14,19H,3-4,7H2,1-2H3. The number of halogens is 3. The van der Waals surface area contributed by atoms with Crippen molar-refractivity contribution >= 4 is 45.8 Å². The number of aryl methyl sites for hydroxylation is 1. The van der Waals surface area contributed by atoms with Gasteiger partial charge in [-0.15, -0.1) is 0 Å². The van der Waals surface area contributed by atoms with E-state index in [0.717, 1.165) is 39.4 Å². The van der Waals surface area contributed by atoms with E-state index >= 15 is 0 Å². The van der Waals surface area contributed by atoms with Gasteiger partial charge in [0.2, 0.25) is 0 Å². The maximum absolute atomic E-state index is 6.37. The van der Waals surface area contributed by atoms with Crippen LogP contribution in [-0.2, 0) is 6.54 Å². The fraction of sp³-hybridized carbons (Fsp3) is 0.400. The molecule has 0 spiro atoms. The Bertz CT molecular complexity index is 613. The van der Waals surface area contributed by atoms with Crippen molar-refractivity contribution in [2.75, 3.05) is 6.54 Å². The van der Waals surface area contributed by atoms with Gasteiger partial charge in [0.05, 0.1) is 28.0 Å². The summed E-state index contributed by atoms with van der Waals surface area (Å²) < 4.78 is 3.02. The molecule has 0 aliphatic carbocycles. The topological polar surface area (TPSA) is 29.9 Å². The van der Waals surface area contributed by atoms with Crippen LogP contribution in [0, 0.1) is 3.57 Å². The maximum atomic E-state index is 6.37. The molecule has 0 saturated heterocycles. The minimum Gasteiger partial charge on any atom is -0.305 e. The molecule has 1 N–H and O–H groups in total. The Kier molecular flexibility index (Phi) is 6.34. The van der Waals surface area contributed by atoms with Crippen LogP contribution < -0.4 is 5.32 Å². The summed E-state index contributed by atoms with van der Waals surface area (Å²) in [5.41, 5.74) is 2.10. The smallest absolute Gasteiger partial charge is 0.0837 e. The minimum absolute atomic E-state index is 0.00829. The van der Waals surface area contributed by atoms with Crippen LogP contribution in [0.15, 0.2) is 24.4 Å². The number of rotatable bonds is 6. The predicted molar refractivity (Wildman–Crippen MR) is 97.2 cm³/mol. The van der Waals surface area contributed by atoms with Crippen molar-refractivity contribution in [1.82, 2.24) is 15.1 Å². The zero-order chi connectivity index (χ0) is 15.4. The molecule has 2 rings (SSSR count). The molecule has 0 bridgehead atoms. The van der Waals surface area contributed by atoms with E-state index in [0.29, 0.717) is 5.02 Å². The highest BCUT2D eigenvalue weighted by Crippen LogP contribution is 2.31. The lowest BCUT2D eigenvalue weighted by Gasteiger charge is -2.21. The Balaban J connectivity index is 2.47. The first-order valence-electron chi connectivity index (χ1n) is 6.98. The molecule has 2 aromatic rings. The number of aromatic nitrogens is 2. The molecule has 3 nitrogen and oxygen atoms in total. The highest BCUT2D eigenvalue weighted by molar-refractivity contribution is 14.1. The van der Waals surface area contributed by atoms with E-state index in [1.807, 2.05) is 16.8 Å². The van der Waals surface area contributed by atoms with Gasteiger partial charge < -0.3 is 5.32 Å². The van der Waals surface area contributed by atoms with Crippen molar-refractivity contribution < 1.29 is 0 Å². The summed E-state index contributed by atoms with van der Waals surface area (Å²) in [6.07, 6.45) is 2.72. The zero-order valence-electron chi connectivity index (χ0n) is 12.0. The molecule has 1 aromatic carbocycles. The van der Waals surface area contributed by atoms with Gasteiger partial charge in [-0.2, -0.15) is 5.10 Å². The molecule has 21 heavy (non-hydrogen) atoms. The quantitative estimate of drug-likeness (QED) is 0.651. The van der Waals surface area contributed by atoms with Crippen molar-refractivity contribution in [3.8, 4) is 0 Å². The third-order valence-electron chi connectivity index (χ3n) is 3.23. The van der Waals surface area contributed by atoms with Crippen LogP contribution in [0.5, 0.6) is 0 Å². The molecule has 6 heteroatoms. The molecular formula is C15H18Cl2IN3. The molecule has 0 saturated carbocycles. The largest absolute Gasteiger partial charge is 0.305 e. The molecule has 0 amide bonds. The summed E-state index contributed by atoms with van der Waals surface area (Å²) in [7, 11) is 0. The number of benzene rings is 1. The summed E-state index contributed by atoms with van der Waals surface area (Å²) in [5, 5.41) is 9.31.